The third-order valence-electron chi connectivity index (χ3n) is 4.99. The molecule has 3 rings (SSSR count). The molecule has 38 heavy (non-hydrogen) atoms. The van der Waals surface area contributed by atoms with Gasteiger partial charge < -0.3 is 21.6 Å². The van der Waals surface area contributed by atoms with Crippen molar-refractivity contribution in [3.63, 3.8) is 0 Å². The van der Waals surface area contributed by atoms with Gasteiger partial charge in [-0.25, -0.2) is 14.3 Å². The summed E-state index contributed by atoms with van der Waals surface area (Å²) in [5, 5.41) is 9.35. The lowest BCUT2D eigenvalue weighted by Crippen LogP contribution is -2.71. The maximum absolute atomic E-state index is 12.9. The van der Waals surface area contributed by atoms with Crippen LogP contribution >= 0.6 is 22.7 Å². The summed E-state index contributed by atoms with van der Waals surface area (Å²) in [6.07, 6.45) is -0.143. The van der Waals surface area contributed by atoms with Crippen LogP contribution in [0, 0.1) is 0 Å². The molecule has 1 aliphatic heterocycles. The minimum atomic E-state index is -4.80. The summed E-state index contributed by atoms with van der Waals surface area (Å²) in [6.45, 7) is 3.89. The Morgan fingerprint density at radius 1 is 1.18 bits per heavy atom. The van der Waals surface area contributed by atoms with E-state index in [9.17, 15) is 27.6 Å². The molecule has 8 N–H and O–H groups in total. The van der Waals surface area contributed by atoms with Gasteiger partial charge in [0, 0.05) is 10.8 Å². The minimum absolute atomic E-state index is 0.0527. The molecule has 1 fully saturated rings. The van der Waals surface area contributed by atoms with E-state index in [-0.39, 0.29) is 26.7 Å². The van der Waals surface area contributed by atoms with E-state index < -0.39 is 57.3 Å². The molecular weight excluding hydrogens is 566 g/mol. The number of thiazole rings is 2. The number of carbonyl (C=O) groups excluding carboxylic acids is 4. The summed E-state index contributed by atoms with van der Waals surface area (Å²) < 4.78 is 31.9. The Morgan fingerprint density at radius 2 is 1.82 bits per heavy atom. The molecule has 0 radical (unpaired) electrons. The summed E-state index contributed by atoms with van der Waals surface area (Å²) in [5.74, 6) is -3.49. The lowest BCUT2D eigenvalue weighted by Gasteiger charge is -2.42. The van der Waals surface area contributed by atoms with Crippen LogP contribution in [0.3, 0.4) is 0 Å². The van der Waals surface area contributed by atoms with Crippen molar-refractivity contribution in [1.29, 1.82) is 0 Å². The highest BCUT2D eigenvalue weighted by Gasteiger charge is 2.51. The lowest BCUT2D eigenvalue weighted by atomic mass is 10.0. The molecule has 3 heterocycles. The van der Waals surface area contributed by atoms with Crippen LogP contribution in [0.2, 0.25) is 0 Å². The number of hydrazine groups is 1. The van der Waals surface area contributed by atoms with E-state index in [1.54, 1.807) is 5.38 Å². The van der Waals surface area contributed by atoms with Crippen LogP contribution in [0.5, 0.6) is 0 Å². The molecule has 0 unspecified atom stereocenters. The molecule has 2 aromatic heterocycles. The van der Waals surface area contributed by atoms with Gasteiger partial charge in [-0.05, 0) is 20.8 Å². The van der Waals surface area contributed by atoms with Gasteiger partial charge in [-0.3, -0.25) is 34.6 Å². The zero-order chi connectivity index (χ0) is 28.4. The first-order valence-corrected chi connectivity index (χ1v) is 13.6. The molecule has 0 aromatic carbocycles. The Morgan fingerprint density at radius 3 is 2.34 bits per heavy atom. The fraction of sp³-hybridized carbons (Fsp3) is 0.389. The first-order valence-electron chi connectivity index (χ1n) is 10.5. The first-order chi connectivity index (χ1) is 17.6. The van der Waals surface area contributed by atoms with E-state index in [1.165, 1.54) is 26.2 Å². The highest BCUT2D eigenvalue weighted by molar-refractivity contribution is 7.84. The zero-order valence-corrected chi connectivity index (χ0v) is 22.4. The molecule has 20 heteroatoms. The molecule has 2 aromatic rings. The number of nitrogens with zero attached hydrogens (tertiary/aromatic N) is 4. The quantitative estimate of drug-likeness (QED) is 0.0816. The van der Waals surface area contributed by atoms with Gasteiger partial charge in [0.15, 0.2) is 16.0 Å². The van der Waals surface area contributed by atoms with Crippen molar-refractivity contribution in [2.45, 2.75) is 44.9 Å². The average molecular weight is 590 g/mol. The summed E-state index contributed by atoms with van der Waals surface area (Å²) in [5.41, 5.74) is 13.7. The number of anilines is 2. The van der Waals surface area contributed by atoms with Crippen molar-refractivity contribution in [3.05, 3.63) is 22.1 Å². The van der Waals surface area contributed by atoms with Gasteiger partial charge in [-0.1, -0.05) is 5.16 Å². The van der Waals surface area contributed by atoms with Gasteiger partial charge in [-0.15, -0.1) is 22.7 Å². The Labute approximate surface area is 223 Å². The zero-order valence-electron chi connectivity index (χ0n) is 20.0. The monoisotopic (exact) mass is 589 g/mol. The van der Waals surface area contributed by atoms with Crippen LogP contribution in [0.1, 0.15) is 32.2 Å². The topological polar surface area (TPSA) is 261 Å². The van der Waals surface area contributed by atoms with Gasteiger partial charge in [0.2, 0.25) is 11.5 Å². The summed E-state index contributed by atoms with van der Waals surface area (Å²) in [6, 6.07) is -2.39. The number of nitrogens with one attached hydrogen (secondary N) is 3. The number of amides is 4. The number of oxime groups is 1. The standard InChI is InChI=1S/C18H23N9O8S3/c1-7-11(14(30)27(7)38(32,33)34)23-13(29)12(9-6-37-17(20)22-9)26-35-18(2,3)15(31)25-24-10(28)4-8-5-36-16(19)21-8/h5-7,11H,4H2,1-3H3,(H2,19,21)(H2,20,22)(H,23,29)(H,24,28)(H,25,31)(H,32,33,34)/t7-,11-/m0/s1. The SMILES string of the molecule is C[C@H]1[C@H](NC(=O)C(=NOC(C)(C)C(=O)NNC(=O)Cc2csc(N)n2)c2csc(N)n2)C(=O)N1S(=O)(=O)O. The molecule has 1 saturated heterocycles. The second-order valence-electron chi connectivity index (χ2n) is 8.27. The highest BCUT2D eigenvalue weighted by atomic mass is 32.2. The second kappa shape index (κ2) is 10.8. The average Bonchev–Trinajstić information content (AvgIpc) is 3.42. The molecule has 17 nitrogen and oxygen atoms in total. The number of carbonyl (C=O) groups is 4. The number of hydrogen-bond acceptors (Lipinski definition) is 14. The molecule has 206 valence electrons. The third-order valence-corrected chi connectivity index (χ3v) is 7.40. The summed E-state index contributed by atoms with van der Waals surface area (Å²) in [7, 11) is -4.80. The fourth-order valence-corrected chi connectivity index (χ4v) is 5.00. The molecule has 4 amide bonds. The van der Waals surface area contributed by atoms with Crippen LogP contribution in [-0.4, -0.2) is 74.3 Å². The number of hydrogen-bond donors (Lipinski definition) is 6. The number of nitrogen functional groups attached to an aromatic ring is 2. The molecule has 0 aliphatic carbocycles. The maximum Gasteiger partial charge on any atom is 0.362 e. The molecule has 0 spiro atoms. The van der Waals surface area contributed by atoms with E-state index in [2.05, 4.69) is 31.3 Å². The van der Waals surface area contributed by atoms with Gasteiger partial charge in [0.05, 0.1) is 18.2 Å². The third kappa shape index (κ3) is 6.51. The van der Waals surface area contributed by atoms with E-state index >= 15 is 0 Å². The van der Waals surface area contributed by atoms with Crippen LogP contribution in [0.4, 0.5) is 10.3 Å². The van der Waals surface area contributed by atoms with Gasteiger partial charge >= 0.3 is 10.3 Å². The van der Waals surface area contributed by atoms with E-state index in [4.69, 9.17) is 20.9 Å². The number of rotatable bonds is 9. The van der Waals surface area contributed by atoms with Crippen LogP contribution in [0.15, 0.2) is 15.9 Å². The predicted octanol–water partition coefficient (Wildman–Crippen LogP) is -1.83. The number of β-lactam (4-membered cyclic amide) rings is 1. The maximum atomic E-state index is 12.9. The molecular formula is C18H23N9O8S3. The highest BCUT2D eigenvalue weighted by Crippen LogP contribution is 2.23. The molecule has 1 aliphatic rings. The Kier molecular flexibility index (Phi) is 8.19. The van der Waals surface area contributed by atoms with Gasteiger partial charge in [-0.2, -0.15) is 8.42 Å². The number of nitrogens with two attached hydrogens (primary N) is 2. The lowest BCUT2D eigenvalue weighted by molar-refractivity contribution is -0.146. The van der Waals surface area contributed by atoms with E-state index in [0.717, 1.165) is 22.7 Å². The Hall–Kier alpha value is -3.88. The number of aromatic nitrogens is 2. The minimum Gasteiger partial charge on any atom is -0.379 e. The molecule has 0 saturated carbocycles. The van der Waals surface area contributed by atoms with Crippen molar-refractivity contribution >= 4 is 72.6 Å². The molecule has 0 bridgehead atoms. The molecule has 2 atom stereocenters. The van der Waals surface area contributed by atoms with Crippen molar-refractivity contribution in [2.24, 2.45) is 5.16 Å². The fourth-order valence-electron chi connectivity index (χ4n) is 3.00. The smallest absolute Gasteiger partial charge is 0.362 e. The van der Waals surface area contributed by atoms with Crippen LogP contribution in [-0.2, 0) is 40.7 Å². The van der Waals surface area contributed by atoms with Crippen molar-refractivity contribution in [2.75, 3.05) is 11.5 Å². The van der Waals surface area contributed by atoms with Crippen LogP contribution in [0.25, 0.3) is 0 Å². The Balaban J connectivity index is 1.68. The van der Waals surface area contributed by atoms with Crippen molar-refractivity contribution in [1.82, 2.24) is 30.4 Å². The van der Waals surface area contributed by atoms with E-state index in [1.807, 2.05) is 0 Å². The predicted molar refractivity (Wildman–Crippen MR) is 135 cm³/mol. The van der Waals surface area contributed by atoms with Gasteiger partial charge in [0.1, 0.15) is 11.7 Å². The van der Waals surface area contributed by atoms with E-state index in [0.29, 0.717) is 5.69 Å². The summed E-state index contributed by atoms with van der Waals surface area (Å²) in [4.78, 5) is 62.9. The van der Waals surface area contributed by atoms with Crippen molar-refractivity contribution in [3.8, 4) is 0 Å². The first kappa shape index (κ1) is 28.7. The van der Waals surface area contributed by atoms with Crippen molar-refractivity contribution < 1.29 is 37.0 Å². The van der Waals surface area contributed by atoms with Crippen LogP contribution < -0.4 is 27.6 Å². The Bertz CT molecular complexity index is 1400. The van der Waals surface area contributed by atoms with Gasteiger partial charge in [0.25, 0.3) is 17.7 Å². The normalized spacial score (nSPS) is 17.9. The summed E-state index contributed by atoms with van der Waals surface area (Å²) >= 11 is 2.13. The second-order valence-corrected chi connectivity index (χ2v) is 11.3. The largest absolute Gasteiger partial charge is 0.379 e.